The highest BCUT2D eigenvalue weighted by atomic mass is 19.1. The van der Waals surface area contributed by atoms with Gasteiger partial charge in [-0.1, -0.05) is 26.0 Å². The number of hydrogen-bond acceptors (Lipinski definition) is 2. The van der Waals surface area contributed by atoms with E-state index in [4.69, 9.17) is 0 Å². The van der Waals surface area contributed by atoms with Crippen molar-refractivity contribution in [2.75, 3.05) is 34.2 Å². The number of nitrogens with one attached hydrogen (secondary N) is 2. The summed E-state index contributed by atoms with van der Waals surface area (Å²) in [6.45, 7) is 6.87. The van der Waals surface area contributed by atoms with E-state index in [-0.39, 0.29) is 11.2 Å². The minimum atomic E-state index is -0.216. The number of halogens is 1. The van der Waals surface area contributed by atoms with Gasteiger partial charge in [0.25, 0.3) is 0 Å². The van der Waals surface area contributed by atoms with Crippen molar-refractivity contribution in [1.29, 1.82) is 0 Å². The Bertz CT molecular complexity index is 452. The third-order valence-corrected chi connectivity index (χ3v) is 3.08. The van der Waals surface area contributed by atoms with Crippen LogP contribution in [0.25, 0.3) is 0 Å². The highest BCUT2D eigenvalue weighted by molar-refractivity contribution is 5.79. The Morgan fingerprint density at radius 1 is 1.19 bits per heavy atom. The van der Waals surface area contributed by atoms with E-state index in [9.17, 15) is 4.39 Å². The van der Waals surface area contributed by atoms with Gasteiger partial charge in [0.2, 0.25) is 0 Å². The molecule has 0 aliphatic heterocycles. The first-order valence-electron chi connectivity index (χ1n) is 7.16. The molecular formula is C16H27FN4. The maximum Gasteiger partial charge on any atom is 0.191 e. The summed E-state index contributed by atoms with van der Waals surface area (Å²) >= 11 is 0. The Hall–Kier alpha value is -1.62. The first kappa shape index (κ1) is 17.4. The van der Waals surface area contributed by atoms with Crippen molar-refractivity contribution >= 4 is 5.96 Å². The average Bonchev–Trinajstić information content (AvgIpc) is 2.39. The quantitative estimate of drug-likeness (QED) is 0.623. The lowest BCUT2D eigenvalue weighted by atomic mass is 9.93. The number of guanidine groups is 1. The minimum absolute atomic E-state index is 0.150. The number of hydrogen-bond donors (Lipinski definition) is 2. The molecule has 1 aromatic carbocycles. The summed E-state index contributed by atoms with van der Waals surface area (Å²) < 4.78 is 12.8. The van der Waals surface area contributed by atoms with Crippen molar-refractivity contribution < 1.29 is 4.39 Å². The fourth-order valence-corrected chi connectivity index (χ4v) is 2.24. The van der Waals surface area contributed by atoms with Crippen LogP contribution in [-0.2, 0) is 6.54 Å². The molecule has 0 aromatic heterocycles. The fourth-order valence-electron chi connectivity index (χ4n) is 2.24. The van der Waals surface area contributed by atoms with Crippen LogP contribution in [0.4, 0.5) is 4.39 Å². The second-order valence-corrected chi connectivity index (χ2v) is 6.31. The van der Waals surface area contributed by atoms with Crippen LogP contribution in [-0.4, -0.2) is 45.1 Å². The summed E-state index contributed by atoms with van der Waals surface area (Å²) in [5.41, 5.74) is 1.17. The SMILES string of the molecule is CN=C(NCc1ccc(F)cc1)NCC(C)(C)CN(C)C. The Morgan fingerprint density at radius 2 is 1.81 bits per heavy atom. The van der Waals surface area contributed by atoms with Crippen LogP contribution in [0.15, 0.2) is 29.3 Å². The first-order valence-corrected chi connectivity index (χ1v) is 7.16. The van der Waals surface area contributed by atoms with Gasteiger partial charge in [0, 0.05) is 26.7 Å². The van der Waals surface area contributed by atoms with Crippen LogP contribution >= 0.6 is 0 Å². The lowest BCUT2D eigenvalue weighted by Gasteiger charge is -2.29. The fraction of sp³-hybridized carbons (Fsp3) is 0.562. The maximum absolute atomic E-state index is 12.8. The van der Waals surface area contributed by atoms with Crippen LogP contribution in [0, 0.1) is 11.2 Å². The zero-order valence-electron chi connectivity index (χ0n) is 13.7. The molecule has 0 fully saturated rings. The van der Waals surface area contributed by atoms with Crippen molar-refractivity contribution in [3.05, 3.63) is 35.6 Å². The van der Waals surface area contributed by atoms with Gasteiger partial charge in [-0.2, -0.15) is 0 Å². The molecule has 0 saturated heterocycles. The van der Waals surface area contributed by atoms with Gasteiger partial charge in [-0.3, -0.25) is 4.99 Å². The molecule has 2 N–H and O–H groups in total. The lowest BCUT2D eigenvalue weighted by molar-refractivity contribution is 0.241. The van der Waals surface area contributed by atoms with Crippen LogP contribution < -0.4 is 10.6 Å². The summed E-state index contributed by atoms with van der Waals surface area (Å²) in [5, 5.41) is 6.57. The Morgan fingerprint density at radius 3 is 2.33 bits per heavy atom. The standard InChI is InChI=1S/C16H27FN4/c1-16(2,12-21(4)5)11-20-15(18-3)19-10-13-6-8-14(17)9-7-13/h6-9H,10-12H2,1-5H3,(H2,18,19,20). The lowest BCUT2D eigenvalue weighted by Crippen LogP contribution is -2.44. The van der Waals surface area contributed by atoms with Crippen molar-refractivity contribution in [2.45, 2.75) is 20.4 Å². The number of rotatable bonds is 6. The highest BCUT2D eigenvalue weighted by Crippen LogP contribution is 2.13. The predicted octanol–water partition coefficient (Wildman–Crippen LogP) is 2.08. The molecular weight excluding hydrogens is 267 g/mol. The second-order valence-electron chi connectivity index (χ2n) is 6.31. The van der Waals surface area contributed by atoms with Gasteiger partial charge < -0.3 is 15.5 Å². The molecule has 0 radical (unpaired) electrons. The predicted molar refractivity (Wildman–Crippen MR) is 86.9 cm³/mol. The smallest absolute Gasteiger partial charge is 0.191 e. The Balaban J connectivity index is 2.44. The normalized spacial score (nSPS) is 12.6. The highest BCUT2D eigenvalue weighted by Gasteiger charge is 2.19. The average molecular weight is 294 g/mol. The molecule has 0 saturated carbocycles. The van der Waals surface area contributed by atoms with Gasteiger partial charge in [0.1, 0.15) is 5.82 Å². The summed E-state index contributed by atoms with van der Waals surface area (Å²) in [6, 6.07) is 6.47. The van der Waals surface area contributed by atoms with Crippen LogP contribution in [0.5, 0.6) is 0 Å². The number of aliphatic imine (C=N–C) groups is 1. The van der Waals surface area contributed by atoms with Gasteiger partial charge in [-0.25, -0.2) is 4.39 Å². The summed E-state index contributed by atoms with van der Waals surface area (Å²) in [7, 11) is 5.89. The van der Waals surface area contributed by atoms with E-state index in [0.717, 1.165) is 24.6 Å². The number of benzene rings is 1. The van der Waals surface area contributed by atoms with Crippen LogP contribution in [0.2, 0.25) is 0 Å². The van der Waals surface area contributed by atoms with E-state index in [2.05, 4.69) is 48.5 Å². The molecule has 0 amide bonds. The zero-order chi connectivity index (χ0) is 15.9. The maximum atomic E-state index is 12.8. The van der Waals surface area contributed by atoms with E-state index < -0.39 is 0 Å². The van der Waals surface area contributed by atoms with Crippen molar-refractivity contribution in [3.63, 3.8) is 0 Å². The Labute approximate surface area is 127 Å². The van der Waals surface area contributed by atoms with Gasteiger partial charge >= 0.3 is 0 Å². The molecule has 0 aliphatic rings. The van der Waals surface area contributed by atoms with Gasteiger partial charge in [0.05, 0.1) is 0 Å². The van der Waals surface area contributed by atoms with Crippen molar-refractivity contribution in [3.8, 4) is 0 Å². The second kappa shape index (κ2) is 7.98. The summed E-state index contributed by atoms with van der Waals surface area (Å²) in [6.07, 6.45) is 0. The topological polar surface area (TPSA) is 39.7 Å². The van der Waals surface area contributed by atoms with E-state index in [0.29, 0.717) is 6.54 Å². The first-order chi connectivity index (χ1) is 9.82. The molecule has 4 nitrogen and oxygen atoms in total. The van der Waals surface area contributed by atoms with Crippen molar-refractivity contribution in [1.82, 2.24) is 15.5 Å². The third-order valence-electron chi connectivity index (χ3n) is 3.08. The van der Waals surface area contributed by atoms with Gasteiger partial charge in [-0.15, -0.1) is 0 Å². The van der Waals surface area contributed by atoms with Crippen LogP contribution in [0.1, 0.15) is 19.4 Å². The summed E-state index contributed by atoms with van der Waals surface area (Å²) in [4.78, 5) is 6.39. The molecule has 0 heterocycles. The zero-order valence-corrected chi connectivity index (χ0v) is 13.7. The Kier molecular flexibility index (Phi) is 6.62. The molecule has 0 unspecified atom stereocenters. The minimum Gasteiger partial charge on any atom is -0.356 e. The molecule has 118 valence electrons. The largest absolute Gasteiger partial charge is 0.356 e. The van der Waals surface area contributed by atoms with E-state index >= 15 is 0 Å². The van der Waals surface area contributed by atoms with Crippen LogP contribution in [0.3, 0.4) is 0 Å². The monoisotopic (exact) mass is 294 g/mol. The number of nitrogens with zero attached hydrogens (tertiary/aromatic N) is 2. The molecule has 1 rings (SSSR count). The summed E-state index contributed by atoms with van der Waals surface area (Å²) in [5.74, 6) is 0.540. The van der Waals surface area contributed by atoms with Gasteiger partial charge in [-0.05, 0) is 37.2 Å². The van der Waals surface area contributed by atoms with E-state index in [1.807, 2.05) is 0 Å². The van der Waals surface area contributed by atoms with Crippen molar-refractivity contribution in [2.24, 2.45) is 10.4 Å². The third kappa shape index (κ3) is 7.09. The van der Waals surface area contributed by atoms with E-state index in [1.54, 1.807) is 19.2 Å². The molecule has 21 heavy (non-hydrogen) atoms. The molecule has 0 atom stereocenters. The molecule has 5 heteroatoms. The molecule has 0 spiro atoms. The molecule has 0 bridgehead atoms. The molecule has 1 aromatic rings. The molecule has 0 aliphatic carbocycles. The van der Waals surface area contributed by atoms with E-state index in [1.165, 1.54) is 12.1 Å². The van der Waals surface area contributed by atoms with Gasteiger partial charge in [0.15, 0.2) is 5.96 Å².